The van der Waals surface area contributed by atoms with Gasteiger partial charge in [0.1, 0.15) is 5.82 Å². The van der Waals surface area contributed by atoms with E-state index in [1.807, 2.05) is 19.2 Å². The normalized spacial score (nSPS) is 13.4. The number of methoxy groups -OCH3 is 1. The molecule has 4 rings (SSSR count). The first kappa shape index (κ1) is 25.9. The van der Waals surface area contributed by atoms with E-state index < -0.39 is 5.82 Å². The molecule has 1 saturated carbocycles. The van der Waals surface area contributed by atoms with E-state index in [1.165, 1.54) is 6.07 Å². The van der Waals surface area contributed by atoms with Crippen LogP contribution in [0.4, 0.5) is 4.39 Å². The Kier molecular flexibility index (Phi) is 7.81. The third-order valence-electron chi connectivity index (χ3n) is 6.35. The molecule has 36 heavy (non-hydrogen) atoms. The number of hydrogen-bond acceptors (Lipinski definition) is 5. The fraction of sp³-hybridized carbons (Fsp3) is 0.357. The number of pyridine rings is 1. The Morgan fingerprint density at radius 1 is 1.14 bits per heavy atom. The smallest absolute Gasteiger partial charge is 0.251 e. The molecule has 0 unspecified atom stereocenters. The van der Waals surface area contributed by atoms with E-state index in [1.54, 1.807) is 37.4 Å². The zero-order chi connectivity index (χ0) is 25.9. The van der Waals surface area contributed by atoms with Gasteiger partial charge in [-0.2, -0.15) is 0 Å². The van der Waals surface area contributed by atoms with Crippen molar-refractivity contribution < 1.29 is 18.7 Å². The van der Waals surface area contributed by atoms with Crippen LogP contribution in [-0.2, 0) is 12.0 Å². The molecule has 1 amide bonds. The monoisotopic (exact) mass is 511 g/mol. The van der Waals surface area contributed by atoms with Gasteiger partial charge in [-0.15, -0.1) is 0 Å². The maximum atomic E-state index is 13.7. The van der Waals surface area contributed by atoms with Gasteiger partial charge in [0.15, 0.2) is 11.5 Å². The van der Waals surface area contributed by atoms with Gasteiger partial charge in [0.2, 0.25) is 0 Å². The number of carbonyl (C=O) groups is 1. The second kappa shape index (κ2) is 10.8. The minimum Gasteiger partial charge on any atom is -0.493 e. The number of hydrogen-bond donors (Lipinski definition) is 2. The van der Waals surface area contributed by atoms with Crippen LogP contribution in [0.5, 0.6) is 11.5 Å². The molecule has 0 saturated heterocycles. The topological polar surface area (TPSA) is 72.5 Å². The molecule has 2 N–H and O–H groups in total. The molecule has 0 aliphatic heterocycles. The third kappa shape index (κ3) is 6.15. The number of nitrogens with one attached hydrogen (secondary N) is 2. The average molecular weight is 512 g/mol. The largest absolute Gasteiger partial charge is 0.493 e. The molecule has 0 radical (unpaired) electrons. The highest BCUT2D eigenvalue weighted by Gasteiger charge is 2.25. The molecule has 1 heterocycles. The maximum absolute atomic E-state index is 13.7. The average Bonchev–Trinajstić information content (AvgIpc) is 3.69. The van der Waals surface area contributed by atoms with Gasteiger partial charge in [0.25, 0.3) is 5.91 Å². The van der Waals surface area contributed by atoms with Crippen LogP contribution in [0.2, 0.25) is 5.02 Å². The standard InChI is InChI=1S/C28H31ClFN3O3/c1-28(2,31-3)19-15-20(33-24(16-19)17-5-9-23(30)22(29)13-17)11-12-32-27(34)18-6-10-25(26(14-18)35-4)36-21-7-8-21/h5-6,9-10,13-16,21,31H,7-8,11-12H2,1-4H3,(H,32,34). The van der Waals surface area contributed by atoms with Gasteiger partial charge in [-0.1, -0.05) is 11.6 Å². The second-order valence-corrected chi connectivity index (χ2v) is 9.83. The second-order valence-electron chi connectivity index (χ2n) is 9.43. The van der Waals surface area contributed by atoms with Gasteiger partial charge >= 0.3 is 0 Å². The number of rotatable bonds is 10. The number of halogens is 2. The zero-order valence-corrected chi connectivity index (χ0v) is 21.7. The van der Waals surface area contributed by atoms with E-state index in [9.17, 15) is 9.18 Å². The van der Waals surface area contributed by atoms with Crippen LogP contribution in [0, 0.1) is 5.82 Å². The first-order valence-electron chi connectivity index (χ1n) is 12.0. The Morgan fingerprint density at radius 3 is 2.58 bits per heavy atom. The molecule has 6 nitrogen and oxygen atoms in total. The molecular weight excluding hydrogens is 481 g/mol. The summed E-state index contributed by atoms with van der Waals surface area (Å²) in [6.45, 7) is 4.53. The number of benzene rings is 2. The summed E-state index contributed by atoms with van der Waals surface area (Å²) in [7, 11) is 3.46. The Bertz CT molecular complexity index is 1260. The van der Waals surface area contributed by atoms with Crippen molar-refractivity contribution in [1.82, 2.24) is 15.6 Å². The van der Waals surface area contributed by atoms with E-state index in [-0.39, 0.29) is 22.6 Å². The fourth-order valence-corrected chi connectivity index (χ4v) is 3.88. The number of amides is 1. The molecule has 1 aromatic heterocycles. The summed E-state index contributed by atoms with van der Waals surface area (Å²) in [6.07, 6.45) is 2.84. The quantitative estimate of drug-likeness (QED) is 0.375. The predicted octanol–water partition coefficient (Wildman–Crippen LogP) is 5.52. The van der Waals surface area contributed by atoms with Gasteiger partial charge in [0.05, 0.1) is 23.9 Å². The van der Waals surface area contributed by atoms with Crippen molar-refractivity contribution in [3.63, 3.8) is 0 Å². The van der Waals surface area contributed by atoms with Crippen LogP contribution in [-0.4, -0.2) is 37.7 Å². The molecule has 1 aliphatic rings. The highest BCUT2D eigenvalue weighted by molar-refractivity contribution is 6.31. The SMILES string of the molecule is CNC(C)(C)c1cc(CCNC(=O)c2ccc(OC3CC3)c(OC)c2)nc(-c2ccc(F)c(Cl)c2)c1. The molecule has 2 aromatic carbocycles. The summed E-state index contributed by atoms with van der Waals surface area (Å²) in [4.78, 5) is 17.6. The van der Waals surface area contributed by atoms with Crippen molar-refractivity contribution in [2.24, 2.45) is 0 Å². The molecule has 0 bridgehead atoms. The highest BCUT2D eigenvalue weighted by Crippen LogP contribution is 2.34. The first-order chi connectivity index (χ1) is 17.2. The Hall–Kier alpha value is -3.16. The predicted molar refractivity (Wildman–Crippen MR) is 139 cm³/mol. The van der Waals surface area contributed by atoms with Crippen molar-refractivity contribution in [3.05, 3.63) is 76.2 Å². The molecule has 0 atom stereocenters. The minimum absolute atomic E-state index is 0.0466. The van der Waals surface area contributed by atoms with Gasteiger partial charge in [-0.3, -0.25) is 9.78 Å². The molecule has 0 spiro atoms. The lowest BCUT2D eigenvalue weighted by Gasteiger charge is -2.26. The number of aromatic nitrogens is 1. The Labute approximate surface area is 216 Å². The van der Waals surface area contributed by atoms with E-state index in [0.29, 0.717) is 35.7 Å². The Morgan fingerprint density at radius 2 is 1.92 bits per heavy atom. The highest BCUT2D eigenvalue weighted by atomic mass is 35.5. The van der Waals surface area contributed by atoms with Crippen LogP contribution in [0.25, 0.3) is 11.3 Å². The van der Waals surface area contributed by atoms with Gasteiger partial charge in [-0.05, 0) is 87.8 Å². The van der Waals surface area contributed by atoms with Crippen LogP contribution in [0.3, 0.4) is 0 Å². The Balaban J connectivity index is 1.49. The van der Waals surface area contributed by atoms with E-state index in [4.69, 9.17) is 26.1 Å². The summed E-state index contributed by atoms with van der Waals surface area (Å²) in [5.74, 6) is 0.515. The van der Waals surface area contributed by atoms with Gasteiger partial charge < -0.3 is 20.1 Å². The lowest BCUT2D eigenvalue weighted by Crippen LogP contribution is -2.33. The lowest BCUT2D eigenvalue weighted by molar-refractivity contribution is 0.0953. The fourth-order valence-electron chi connectivity index (χ4n) is 3.70. The van der Waals surface area contributed by atoms with Crippen molar-refractivity contribution >= 4 is 17.5 Å². The van der Waals surface area contributed by atoms with Crippen molar-refractivity contribution in [1.29, 1.82) is 0 Å². The van der Waals surface area contributed by atoms with E-state index >= 15 is 0 Å². The molecule has 190 valence electrons. The molecule has 3 aromatic rings. The lowest BCUT2D eigenvalue weighted by atomic mass is 9.92. The first-order valence-corrected chi connectivity index (χ1v) is 12.4. The summed E-state index contributed by atoms with van der Waals surface area (Å²) in [6, 6.07) is 13.8. The van der Waals surface area contributed by atoms with E-state index in [0.717, 1.165) is 29.7 Å². The zero-order valence-electron chi connectivity index (χ0n) is 21.0. The summed E-state index contributed by atoms with van der Waals surface area (Å²) in [5.41, 5.74) is 3.41. The molecule has 1 fully saturated rings. The summed E-state index contributed by atoms with van der Waals surface area (Å²) in [5, 5.41) is 6.31. The number of carbonyl (C=O) groups excluding carboxylic acids is 1. The third-order valence-corrected chi connectivity index (χ3v) is 6.64. The van der Waals surface area contributed by atoms with E-state index in [2.05, 4.69) is 24.5 Å². The number of nitrogens with zero attached hydrogens (tertiary/aromatic N) is 1. The number of ether oxygens (including phenoxy) is 2. The minimum atomic E-state index is -0.473. The van der Waals surface area contributed by atoms with Crippen LogP contribution in [0.15, 0.2) is 48.5 Å². The van der Waals surface area contributed by atoms with Crippen LogP contribution < -0.4 is 20.1 Å². The van der Waals surface area contributed by atoms with Crippen molar-refractivity contribution in [2.75, 3.05) is 20.7 Å². The van der Waals surface area contributed by atoms with Crippen LogP contribution in [0.1, 0.15) is 48.3 Å². The molecule has 1 aliphatic carbocycles. The van der Waals surface area contributed by atoms with Gasteiger partial charge in [-0.25, -0.2) is 4.39 Å². The molecule has 8 heteroatoms. The van der Waals surface area contributed by atoms with Crippen LogP contribution >= 0.6 is 11.6 Å². The summed E-state index contributed by atoms with van der Waals surface area (Å²) >= 11 is 6.02. The maximum Gasteiger partial charge on any atom is 0.251 e. The van der Waals surface area contributed by atoms with Crippen molar-refractivity contribution in [2.45, 2.75) is 44.8 Å². The summed E-state index contributed by atoms with van der Waals surface area (Å²) < 4.78 is 25.0. The van der Waals surface area contributed by atoms with Crippen molar-refractivity contribution in [3.8, 4) is 22.8 Å². The molecular formula is C28H31ClFN3O3. The van der Waals surface area contributed by atoms with Gasteiger partial charge in [0, 0.05) is 35.3 Å².